The van der Waals surface area contributed by atoms with Crippen LogP contribution in [0.2, 0.25) is 0 Å². The Bertz CT molecular complexity index is 1170. The Hall–Kier alpha value is -2.37. The van der Waals surface area contributed by atoms with Crippen molar-refractivity contribution >= 4 is 17.9 Å². The van der Waals surface area contributed by atoms with Gasteiger partial charge in [-0.2, -0.15) is 0 Å². The molecular weight excluding hydrogens is 865 g/mol. The lowest BCUT2D eigenvalue weighted by Crippen LogP contribution is -2.30. The second kappa shape index (κ2) is 59.2. The third-order valence-corrected chi connectivity index (χ3v) is 13.9. The number of ether oxygens (including phenoxy) is 3. The van der Waals surface area contributed by atoms with Crippen molar-refractivity contribution in [2.75, 3.05) is 13.2 Å². The molecule has 0 amide bonds. The first-order valence-corrected chi connectivity index (χ1v) is 31.0. The molecule has 0 radical (unpaired) electrons. The van der Waals surface area contributed by atoms with Crippen LogP contribution < -0.4 is 0 Å². The zero-order valence-electron chi connectivity index (χ0n) is 47.1. The zero-order valence-corrected chi connectivity index (χ0v) is 47.1. The van der Waals surface area contributed by atoms with E-state index in [1.165, 1.54) is 225 Å². The molecule has 1 unspecified atom stereocenters. The van der Waals surface area contributed by atoms with Gasteiger partial charge in [0.25, 0.3) is 0 Å². The molecule has 0 aliphatic carbocycles. The van der Waals surface area contributed by atoms with Gasteiger partial charge in [0.15, 0.2) is 6.10 Å². The molecule has 0 aromatic rings. The van der Waals surface area contributed by atoms with Crippen molar-refractivity contribution in [2.45, 2.75) is 341 Å². The smallest absolute Gasteiger partial charge is 0.306 e. The summed E-state index contributed by atoms with van der Waals surface area (Å²) in [6, 6.07) is 0. The van der Waals surface area contributed by atoms with E-state index in [1.807, 2.05) is 0 Å². The summed E-state index contributed by atoms with van der Waals surface area (Å²) in [6.07, 6.45) is 71.5. The van der Waals surface area contributed by atoms with Gasteiger partial charge in [-0.15, -0.1) is 0 Å². The number of unbranched alkanes of at least 4 members (excludes halogenated alkanes) is 40. The van der Waals surface area contributed by atoms with E-state index in [1.54, 1.807) is 0 Å². The highest BCUT2D eigenvalue weighted by Gasteiger charge is 2.19. The SMILES string of the molecule is CCCCC/C=C\CCCCCCCC(=O)OCC(COC(=O)CCCCCCCCCCCCCCC/C=C\C/C=C\CCCCCCC)OC(=O)CCCCCCCCCCCCCCCCC. The first-order chi connectivity index (χ1) is 34.5. The summed E-state index contributed by atoms with van der Waals surface area (Å²) in [5.74, 6) is -0.861. The number of rotatable bonds is 57. The fourth-order valence-corrected chi connectivity index (χ4v) is 9.18. The highest BCUT2D eigenvalue weighted by atomic mass is 16.6. The topological polar surface area (TPSA) is 78.9 Å². The Balaban J connectivity index is 4.22. The van der Waals surface area contributed by atoms with E-state index in [0.29, 0.717) is 19.3 Å². The van der Waals surface area contributed by atoms with Crippen LogP contribution in [0.5, 0.6) is 0 Å². The van der Waals surface area contributed by atoms with Crippen LogP contribution in [0.1, 0.15) is 335 Å². The van der Waals surface area contributed by atoms with Crippen molar-refractivity contribution < 1.29 is 28.6 Å². The summed E-state index contributed by atoms with van der Waals surface area (Å²) in [5, 5.41) is 0. The molecule has 0 fully saturated rings. The van der Waals surface area contributed by atoms with Crippen LogP contribution in [-0.4, -0.2) is 37.2 Å². The molecular formula is C64H118O6. The molecule has 0 saturated heterocycles. The lowest BCUT2D eigenvalue weighted by molar-refractivity contribution is -0.167. The molecule has 0 bridgehead atoms. The fourth-order valence-electron chi connectivity index (χ4n) is 9.18. The lowest BCUT2D eigenvalue weighted by Gasteiger charge is -2.18. The van der Waals surface area contributed by atoms with Gasteiger partial charge in [0, 0.05) is 19.3 Å². The van der Waals surface area contributed by atoms with Crippen LogP contribution in [-0.2, 0) is 28.6 Å². The van der Waals surface area contributed by atoms with E-state index in [9.17, 15) is 14.4 Å². The monoisotopic (exact) mass is 983 g/mol. The van der Waals surface area contributed by atoms with Crippen LogP contribution >= 0.6 is 0 Å². The van der Waals surface area contributed by atoms with E-state index in [4.69, 9.17) is 14.2 Å². The van der Waals surface area contributed by atoms with Gasteiger partial charge in [-0.3, -0.25) is 14.4 Å². The molecule has 0 aromatic carbocycles. The molecule has 0 spiro atoms. The van der Waals surface area contributed by atoms with Gasteiger partial charge in [-0.05, 0) is 77.0 Å². The first-order valence-electron chi connectivity index (χ1n) is 31.0. The van der Waals surface area contributed by atoms with E-state index < -0.39 is 6.10 Å². The number of hydrogen-bond donors (Lipinski definition) is 0. The number of esters is 3. The molecule has 1 atom stereocenters. The quantitative estimate of drug-likeness (QED) is 0.0261. The summed E-state index contributed by atoms with van der Waals surface area (Å²) in [5.41, 5.74) is 0. The predicted octanol–water partition coefficient (Wildman–Crippen LogP) is 20.8. The van der Waals surface area contributed by atoms with Gasteiger partial charge in [0.2, 0.25) is 0 Å². The van der Waals surface area contributed by atoms with Gasteiger partial charge in [-0.1, -0.05) is 276 Å². The molecule has 0 N–H and O–H groups in total. The Morgan fingerprint density at radius 1 is 0.286 bits per heavy atom. The normalized spacial score (nSPS) is 12.2. The summed E-state index contributed by atoms with van der Waals surface area (Å²) in [6.45, 7) is 6.65. The minimum absolute atomic E-state index is 0.0709. The van der Waals surface area contributed by atoms with Crippen molar-refractivity contribution in [2.24, 2.45) is 0 Å². The Kier molecular flexibility index (Phi) is 57.2. The van der Waals surface area contributed by atoms with E-state index in [0.717, 1.165) is 70.6 Å². The minimum atomic E-state index is -0.772. The summed E-state index contributed by atoms with van der Waals surface area (Å²) < 4.78 is 16.9. The van der Waals surface area contributed by atoms with Crippen molar-refractivity contribution in [3.63, 3.8) is 0 Å². The zero-order chi connectivity index (χ0) is 50.7. The standard InChI is InChI=1S/C64H118O6/c1-4-7-10-13-16-19-22-25-27-28-29-30-31-32-33-34-35-36-38-39-42-45-48-51-54-57-63(66)69-60-61(59-68-62(65)56-53-50-47-44-41-24-21-18-15-12-9-6-3)70-64(67)58-55-52-49-46-43-40-37-26-23-20-17-14-11-8-5-2/h18,21-22,25,28-29,61H,4-17,19-20,23-24,26-27,30-60H2,1-3H3/b21-18-,25-22-,29-28-. The maximum Gasteiger partial charge on any atom is 0.306 e. The van der Waals surface area contributed by atoms with Gasteiger partial charge in [-0.25, -0.2) is 0 Å². The molecule has 0 aliphatic rings. The highest BCUT2D eigenvalue weighted by molar-refractivity contribution is 5.71. The summed E-state index contributed by atoms with van der Waals surface area (Å²) in [4.78, 5) is 38.2. The van der Waals surface area contributed by atoms with Crippen molar-refractivity contribution in [3.05, 3.63) is 36.5 Å². The molecule has 0 saturated carbocycles. The van der Waals surface area contributed by atoms with E-state index in [2.05, 4.69) is 57.2 Å². The van der Waals surface area contributed by atoms with Gasteiger partial charge in [0.05, 0.1) is 0 Å². The maximum absolute atomic E-state index is 12.9. The molecule has 410 valence electrons. The second-order valence-electron chi connectivity index (χ2n) is 21.0. The molecule has 70 heavy (non-hydrogen) atoms. The van der Waals surface area contributed by atoms with Gasteiger partial charge in [0.1, 0.15) is 13.2 Å². The Morgan fingerprint density at radius 3 is 0.829 bits per heavy atom. The molecule has 6 heteroatoms. The number of carbonyl (C=O) groups excluding carboxylic acids is 3. The molecule has 0 aliphatic heterocycles. The average molecular weight is 984 g/mol. The lowest BCUT2D eigenvalue weighted by atomic mass is 10.0. The Morgan fingerprint density at radius 2 is 0.514 bits per heavy atom. The van der Waals surface area contributed by atoms with E-state index in [-0.39, 0.29) is 31.1 Å². The van der Waals surface area contributed by atoms with Crippen LogP contribution in [0.3, 0.4) is 0 Å². The molecule has 6 nitrogen and oxygen atoms in total. The molecule has 0 heterocycles. The maximum atomic E-state index is 12.9. The number of allylic oxidation sites excluding steroid dienone is 6. The van der Waals surface area contributed by atoms with Crippen LogP contribution in [0.25, 0.3) is 0 Å². The fraction of sp³-hybridized carbons (Fsp3) is 0.859. The Labute approximate surface area is 435 Å². The third kappa shape index (κ3) is 56.5. The second-order valence-corrected chi connectivity index (χ2v) is 21.0. The van der Waals surface area contributed by atoms with Gasteiger partial charge >= 0.3 is 17.9 Å². The summed E-state index contributed by atoms with van der Waals surface area (Å²) in [7, 11) is 0. The average Bonchev–Trinajstić information content (AvgIpc) is 3.36. The number of carbonyl (C=O) groups is 3. The van der Waals surface area contributed by atoms with Crippen molar-refractivity contribution in [1.82, 2.24) is 0 Å². The number of hydrogen-bond acceptors (Lipinski definition) is 6. The first kappa shape index (κ1) is 67.6. The van der Waals surface area contributed by atoms with Crippen molar-refractivity contribution in [1.29, 1.82) is 0 Å². The van der Waals surface area contributed by atoms with Crippen LogP contribution in [0.4, 0.5) is 0 Å². The summed E-state index contributed by atoms with van der Waals surface area (Å²) >= 11 is 0. The predicted molar refractivity (Wildman–Crippen MR) is 302 cm³/mol. The van der Waals surface area contributed by atoms with Crippen LogP contribution in [0, 0.1) is 0 Å². The van der Waals surface area contributed by atoms with Crippen molar-refractivity contribution in [3.8, 4) is 0 Å². The van der Waals surface area contributed by atoms with Gasteiger partial charge < -0.3 is 14.2 Å². The third-order valence-electron chi connectivity index (χ3n) is 13.9. The highest BCUT2D eigenvalue weighted by Crippen LogP contribution is 2.17. The molecule has 0 aromatic heterocycles. The largest absolute Gasteiger partial charge is 0.462 e. The molecule has 0 rings (SSSR count). The van der Waals surface area contributed by atoms with E-state index >= 15 is 0 Å². The van der Waals surface area contributed by atoms with Crippen LogP contribution in [0.15, 0.2) is 36.5 Å². The minimum Gasteiger partial charge on any atom is -0.462 e.